The van der Waals surface area contributed by atoms with Gasteiger partial charge in [-0.3, -0.25) is 14.3 Å². The predicted molar refractivity (Wildman–Crippen MR) is 157 cm³/mol. The molecule has 2 saturated carbocycles. The van der Waals surface area contributed by atoms with E-state index in [9.17, 15) is 26.8 Å². The van der Waals surface area contributed by atoms with Crippen molar-refractivity contribution in [2.45, 2.75) is 62.7 Å². The number of aliphatic hydroxyl groups is 1. The van der Waals surface area contributed by atoms with Gasteiger partial charge in [-0.1, -0.05) is 0 Å². The molecule has 43 heavy (non-hydrogen) atoms. The van der Waals surface area contributed by atoms with Crippen LogP contribution in [-0.2, 0) is 20.2 Å². The molecule has 2 amide bonds. The van der Waals surface area contributed by atoms with Crippen molar-refractivity contribution in [3.05, 3.63) is 47.3 Å². The van der Waals surface area contributed by atoms with Gasteiger partial charge in [-0.05, 0) is 79.8 Å². The summed E-state index contributed by atoms with van der Waals surface area (Å²) in [6.07, 6.45) is 3.03. The van der Waals surface area contributed by atoms with Crippen molar-refractivity contribution < 1.29 is 36.3 Å². The first-order valence-corrected chi connectivity index (χ1v) is 16.2. The first kappa shape index (κ1) is 29.7. The second-order valence-corrected chi connectivity index (χ2v) is 14.3. The third kappa shape index (κ3) is 5.45. The summed E-state index contributed by atoms with van der Waals surface area (Å²) in [5.41, 5.74) is 0.505. The van der Waals surface area contributed by atoms with E-state index in [1.165, 1.54) is 43.0 Å². The number of rotatable bonds is 7. The Morgan fingerprint density at radius 1 is 0.977 bits per heavy atom. The Bertz CT molecular complexity index is 1570. The van der Waals surface area contributed by atoms with Gasteiger partial charge in [0.15, 0.2) is 0 Å². The molecular formula is C30H35F3N4O5S. The van der Waals surface area contributed by atoms with E-state index >= 15 is 4.39 Å². The van der Waals surface area contributed by atoms with Crippen LogP contribution in [-0.4, -0.2) is 63.8 Å². The van der Waals surface area contributed by atoms with Crippen LogP contribution in [0.1, 0.15) is 67.3 Å². The van der Waals surface area contributed by atoms with Gasteiger partial charge in [-0.2, -0.15) is 0 Å². The van der Waals surface area contributed by atoms with Crippen LogP contribution in [0.5, 0.6) is 0 Å². The van der Waals surface area contributed by atoms with Gasteiger partial charge in [0, 0.05) is 38.7 Å². The zero-order chi connectivity index (χ0) is 30.8. The van der Waals surface area contributed by atoms with Crippen molar-refractivity contribution in [2.75, 3.05) is 52.3 Å². The number of hydrogen-bond donors (Lipinski definition) is 3. The second-order valence-electron chi connectivity index (χ2n) is 12.5. The number of amides is 2. The number of aliphatic hydroxyl groups excluding tert-OH is 1. The minimum Gasteiger partial charge on any atom is -0.395 e. The lowest BCUT2D eigenvalue weighted by Crippen LogP contribution is -2.44. The summed E-state index contributed by atoms with van der Waals surface area (Å²) in [5.74, 6) is -5.09. The van der Waals surface area contributed by atoms with E-state index in [-0.39, 0.29) is 35.5 Å². The summed E-state index contributed by atoms with van der Waals surface area (Å²) >= 11 is 0. The predicted octanol–water partition coefficient (Wildman–Crippen LogP) is 4.62. The summed E-state index contributed by atoms with van der Waals surface area (Å²) in [7, 11) is -2.37. The maximum absolute atomic E-state index is 15.5. The highest BCUT2D eigenvalue weighted by Crippen LogP contribution is 2.55. The molecule has 4 aliphatic rings. The first-order valence-electron chi connectivity index (χ1n) is 14.6. The monoisotopic (exact) mass is 620 g/mol. The molecular weight excluding hydrogens is 585 g/mol. The lowest BCUT2D eigenvalue weighted by Gasteiger charge is -2.36. The summed E-state index contributed by atoms with van der Waals surface area (Å²) < 4.78 is 70.6. The number of benzene rings is 2. The lowest BCUT2D eigenvalue weighted by molar-refractivity contribution is -0.127. The molecule has 0 radical (unpaired) electrons. The van der Waals surface area contributed by atoms with Gasteiger partial charge in [-0.15, -0.1) is 0 Å². The number of anilines is 4. The number of piperidine rings is 1. The zero-order valence-corrected chi connectivity index (χ0v) is 24.7. The number of nitrogens with one attached hydrogen (secondary N) is 2. The van der Waals surface area contributed by atoms with Gasteiger partial charge in [0.1, 0.15) is 5.82 Å². The molecule has 2 aromatic rings. The molecule has 2 aromatic carbocycles. The molecule has 1 saturated heterocycles. The van der Waals surface area contributed by atoms with Crippen LogP contribution in [0.25, 0.3) is 0 Å². The van der Waals surface area contributed by atoms with Crippen molar-refractivity contribution in [1.82, 2.24) is 0 Å². The van der Waals surface area contributed by atoms with Crippen LogP contribution in [0.3, 0.4) is 0 Å². The van der Waals surface area contributed by atoms with Crippen LogP contribution in [0.2, 0.25) is 0 Å². The number of nitrogens with zero attached hydrogens (tertiary/aromatic N) is 2. The molecule has 9 nitrogen and oxygen atoms in total. The second kappa shape index (κ2) is 10.4. The Hall–Kier alpha value is -3.32. The standard InChI is InChI=1S/C30H35F3N4O5S/c1-36-25-22(29(27(36)40)6-8-30(32,33)9-7-29)16-20(17-23(25)31)34-26(39)21-3-2-19(35-43(41,42)15-14-38)18-24(21)37-12-10-28(4-5-28)11-13-37/h2-3,16-18,35,38H,4-15H2,1H3,(H,34,39). The molecule has 2 aliphatic heterocycles. The van der Waals surface area contributed by atoms with E-state index in [1.807, 2.05) is 4.90 Å². The Labute approximate surface area is 248 Å². The van der Waals surface area contributed by atoms with Gasteiger partial charge in [0.05, 0.1) is 40.4 Å². The SMILES string of the molecule is CN1C(=O)C2(CCC(F)(F)CC2)c2cc(NC(=O)c3ccc(NS(=O)(=O)CCO)cc3N3CCC4(CC3)CC4)cc(F)c21. The number of alkyl halides is 2. The van der Waals surface area contributed by atoms with Gasteiger partial charge in [-0.25, -0.2) is 21.6 Å². The van der Waals surface area contributed by atoms with E-state index < -0.39 is 64.2 Å². The van der Waals surface area contributed by atoms with Crippen molar-refractivity contribution in [3.63, 3.8) is 0 Å². The molecule has 2 aliphatic carbocycles. The number of hydrogen-bond acceptors (Lipinski definition) is 6. The Morgan fingerprint density at radius 3 is 2.28 bits per heavy atom. The van der Waals surface area contributed by atoms with Crippen LogP contribution in [0.15, 0.2) is 30.3 Å². The number of fused-ring (bicyclic) bond motifs is 2. The zero-order valence-electron chi connectivity index (χ0n) is 23.9. The molecule has 0 atom stereocenters. The van der Waals surface area contributed by atoms with E-state index in [1.54, 1.807) is 6.07 Å². The molecule has 2 spiro atoms. The normalized spacial score (nSPS) is 21.7. The average molecular weight is 621 g/mol. The smallest absolute Gasteiger partial charge is 0.257 e. The van der Waals surface area contributed by atoms with Crippen LogP contribution < -0.4 is 19.8 Å². The fourth-order valence-electron chi connectivity index (χ4n) is 6.94. The molecule has 0 unspecified atom stereocenters. The van der Waals surface area contributed by atoms with E-state index in [2.05, 4.69) is 10.0 Å². The number of halogens is 3. The molecule has 232 valence electrons. The fraction of sp³-hybridized carbons (Fsp3) is 0.533. The van der Waals surface area contributed by atoms with Crippen molar-refractivity contribution in [3.8, 4) is 0 Å². The Balaban J connectivity index is 1.31. The van der Waals surface area contributed by atoms with E-state index in [0.717, 1.165) is 18.9 Å². The maximum Gasteiger partial charge on any atom is 0.257 e. The summed E-state index contributed by atoms with van der Waals surface area (Å²) in [6.45, 7) is 0.823. The van der Waals surface area contributed by atoms with Gasteiger partial charge in [0.25, 0.3) is 5.91 Å². The quantitative estimate of drug-likeness (QED) is 0.416. The number of carbonyl (C=O) groups is 2. The summed E-state index contributed by atoms with van der Waals surface area (Å²) in [4.78, 5) is 30.2. The summed E-state index contributed by atoms with van der Waals surface area (Å²) in [6, 6.07) is 7.16. The number of likely N-dealkylation sites (N-methyl/N-ethyl adjacent to an activating group) is 1. The highest BCUT2D eigenvalue weighted by molar-refractivity contribution is 7.92. The van der Waals surface area contributed by atoms with Gasteiger partial charge < -0.3 is 20.2 Å². The van der Waals surface area contributed by atoms with Crippen LogP contribution in [0.4, 0.5) is 35.9 Å². The van der Waals surface area contributed by atoms with Crippen molar-refractivity contribution in [2.24, 2.45) is 5.41 Å². The molecule has 13 heteroatoms. The molecule has 2 heterocycles. The fourth-order valence-corrected chi connectivity index (χ4v) is 7.77. The van der Waals surface area contributed by atoms with Crippen molar-refractivity contribution in [1.29, 1.82) is 0 Å². The van der Waals surface area contributed by atoms with Crippen LogP contribution in [0, 0.1) is 11.2 Å². The van der Waals surface area contributed by atoms with Gasteiger partial charge >= 0.3 is 0 Å². The maximum atomic E-state index is 15.5. The minimum absolute atomic E-state index is 0.0377. The first-order chi connectivity index (χ1) is 20.3. The largest absolute Gasteiger partial charge is 0.395 e. The number of carbonyl (C=O) groups excluding carboxylic acids is 2. The van der Waals surface area contributed by atoms with Crippen LogP contribution >= 0.6 is 0 Å². The molecule has 0 bridgehead atoms. The Morgan fingerprint density at radius 2 is 1.65 bits per heavy atom. The summed E-state index contributed by atoms with van der Waals surface area (Å²) in [5, 5.41) is 11.8. The Kier molecular flexibility index (Phi) is 7.19. The third-order valence-electron chi connectivity index (χ3n) is 9.72. The number of sulfonamides is 1. The molecule has 6 rings (SSSR count). The lowest BCUT2D eigenvalue weighted by atomic mass is 9.69. The van der Waals surface area contributed by atoms with E-state index in [0.29, 0.717) is 29.8 Å². The van der Waals surface area contributed by atoms with Gasteiger partial charge in [0.2, 0.25) is 21.9 Å². The highest BCUT2D eigenvalue weighted by atomic mass is 32.2. The van der Waals surface area contributed by atoms with Crippen molar-refractivity contribution >= 4 is 44.6 Å². The topological polar surface area (TPSA) is 119 Å². The highest BCUT2D eigenvalue weighted by Gasteiger charge is 2.55. The van der Waals surface area contributed by atoms with E-state index in [4.69, 9.17) is 5.11 Å². The molecule has 3 N–H and O–H groups in total. The average Bonchev–Trinajstić information content (AvgIpc) is 3.66. The molecule has 3 fully saturated rings. The minimum atomic E-state index is -3.80. The third-order valence-corrected chi connectivity index (χ3v) is 11.0. The molecule has 0 aromatic heterocycles.